The molecule has 1 amide bonds. The van der Waals surface area contributed by atoms with Crippen molar-refractivity contribution < 1.29 is 18.1 Å². The van der Waals surface area contributed by atoms with E-state index in [4.69, 9.17) is 0 Å². The largest absolute Gasteiger partial charge is 0.329 e. The number of nitrogens with one attached hydrogen (secondary N) is 1. The number of nitrogens with zero attached hydrogens (tertiary/aromatic N) is 1. The fourth-order valence-corrected chi connectivity index (χ4v) is 5.41. The van der Waals surface area contributed by atoms with E-state index in [-0.39, 0.29) is 11.9 Å². The van der Waals surface area contributed by atoms with E-state index in [1.165, 1.54) is 10.5 Å². The molecule has 5 nitrogen and oxygen atoms in total. The van der Waals surface area contributed by atoms with Crippen molar-refractivity contribution in [2.45, 2.75) is 19.4 Å². The minimum Gasteiger partial charge on any atom is -0.329 e. The Balaban J connectivity index is 1.52. The zero-order valence-corrected chi connectivity index (χ0v) is 14.9. The summed E-state index contributed by atoms with van der Waals surface area (Å²) in [5.41, 5.74) is 2.21. The highest BCUT2D eigenvalue weighted by molar-refractivity contribution is 7.91. The van der Waals surface area contributed by atoms with Crippen LogP contribution in [0.25, 0.3) is 6.08 Å². The van der Waals surface area contributed by atoms with Crippen LogP contribution in [0.2, 0.25) is 0 Å². The number of piperazine rings is 1. The third-order valence-corrected chi connectivity index (χ3v) is 6.76. The summed E-state index contributed by atoms with van der Waals surface area (Å²) in [6, 6.07) is 8.27. The highest BCUT2D eigenvalue weighted by Gasteiger charge is 2.37. The highest BCUT2D eigenvalue weighted by atomic mass is 32.2. The van der Waals surface area contributed by atoms with Gasteiger partial charge in [-0.3, -0.25) is 4.79 Å². The third kappa shape index (κ3) is 4.24. The van der Waals surface area contributed by atoms with Crippen molar-refractivity contribution >= 4 is 21.8 Å². The number of rotatable bonds is 3. The van der Waals surface area contributed by atoms with Crippen LogP contribution in [-0.2, 0) is 14.6 Å². The van der Waals surface area contributed by atoms with Crippen LogP contribution in [-0.4, -0.2) is 63.0 Å². The molecule has 0 unspecified atom stereocenters. The van der Waals surface area contributed by atoms with E-state index in [0.29, 0.717) is 24.6 Å². The molecule has 2 heterocycles. The lowest BCUT2D eigenvalue weighted by molar-refractivity contribution is -0.925. The molecule has 6 heteroatoms. The van der Waals surface area contributed by atoms with Crippen LogP contribution in [0.5, 0.6) is 0 Å². The van der Waals surface area contributed by atoms with E-state index in [1.807, 2.05) is 42.2 Å². The Bertz CT molecular complexity index is 734. The molecule has 130 valence electrons. The van der Waals surface area contributed by atoms with E-state index in [0.717, 1.165) is 25.1 Å². The molecule has 0 aromatic heterocycles. The first-order valence-corrected chi connectivity index (χ1v) is 10.3. The van der Waals surface area contributed by atoms with Gasteiger partial charge in [-0.25, -0.2) is 8.42 Å². The summed E-state index contributed by atoms with van der Waals surface area (Å²) >= 11 is 0. The second-order valence-corrected chi connectivity index (χ2v) is 9.06. The maximum atomic E-state index is 12.3. The Hall–Kier alpha value is -1.66. The molecule has 2 aliphatic heterocycles. The fraction of sp³-hybridized carbons (Fsp3) is 0.500. The zero-order valence-electron chi connectivity index (χ0n) is 14.1. The predicted molar refractivity (Wildman–Crippen MR) is 94.5 cm³/mol. The third-order valence-electron chi connectivity index (χ3n) is 4.99. The molecular weight excluding hydrogens is 324 g/mol. The summed E-state index contributed by atoms with van der Waals surface area (Å²) in [4.78, 5) is 15.5. The number of sulfone groups is 1. The van der Waals surface area contributed by atoms with Crippen LogP contribution < -0.4 is 4.90 Å². The SMILES string of the molecule is Cc1cccc(/C=C/C(=O)N2CC[NH+]([C@@H]3CCS(=O)(=O)C3)CC2)c1. The van der Waals surface area contributed by atoms with Crippen LogP contribution in [0.1, 0.15) is 17.5 Å². The van der Waals surface area contributed by atoms with E-state index in [2.05, 4.69) is 0 Å². The Morgan fingerprint density at radius 3 is 2.67 bits per heavy atom. The number of hydrogen-bond donors (Lipinski definition) is 1. The summed E-state index contributed by atoms with van der Waals surface area (Å²) in [5, 5.41) is 0. The molecule has 0 radical (unpaired) electrons. The van der Waals surface area contributed by atoms with Gasteiger partial charge in [-0.05, 0) is 18.6 Å². The first kappa shape index (κ1) is 17.2. The van der Waals surface area contributed by atoms with E-state index < -0.39 is 9.84 Å². The smallest absolute Gasteiger partial charge is 0.246 e. The van der Waals surface area contributed by atoms with Crippen LogP contribution in [0.15, 0.2) is 30.3 Å². The highest BCUT2D eigenvalue weighted by Crippen LogP contribution is 2.10. The Morgan fingerprint density at radius 2 is 2.04 bits per heavy atom. The molecule has 2 saturated heterocycles. The molecule has 2 fully saturated rings. The number of aryl methyl sites for hydroxylation is 1. The molecule has 1 N–H and O–H groups in total. The Kier molecular flexibility index (Phi) is 5.06. The van der Waals surface area contributed by atoms with Gasteiger partial charge in [-0.2, -0.15) is 0 Å². The lowest BCUT2D eigenvalue weighted by Crippen LogP contribution is -3.18. The van der Waals surface area contributed by atoms with Gasteiger partial charge in [0.2, 0.25) is 5.91 Å². The first-order valence-electron chi connectivity index (χ1n) is 8.52. The summed E-state index contributed by atoms with van der Waals surface area (Å²) in [7, 11) is -2.83. The maximum absolute atomic E-state index is 12.3. The van der Waals surface area contributed by atoms with Gasteiger partial charge < -0.3 is 9.80 Å². The molecule has 0 aliphatic carbocycles. The Morgan fingerprint density at radius 1 is 1.29 bits per heavy atom. The molecule has 1 atom stereocenters. The molecule has 0 spiro atoms. The van der Waals surface area contributed by atoms with Crippen molar-refractivity contribution in [1.82, 2.24) is 4.90 Å². The molecule has 3 rings (SSSR count). The standard InChI is InChI=1S/C18H24N2O3S/c1-15-3-2-4-16(13-15)5-6-18(21)20-10-8-19(9-11-20)17-7-12-24(22,23)14-17/h2-6,13,17H,7-12,14H2,1H3/p+1/b6-5+/t17-/m1/s1. The number of quaternary nitrogens is 1. The summed E-state index contributed by atoms with van der Waals surface area (Å²) in [5.74, 6) is 0.668. The van der Waals surface area contributed by atoms with Gasteiger partial charge >= 0.3 is 0 Å². The van der Waals surface area contributed by atoms with E-state index >= 15 is 0 Å². The van der Waals surface area contributed by atoms with Gasteiger partial charge in [0, 0.05) is 12.5 Å². The zero-order chi connectivity index (χ0) is 17.2. The average Bonchev–Trinajstić information content (AvgIpc) is 2.93. The fourth-order valence-electron chi connectivity index (χ4n) is 3.59. The molecule has 24 heavy (non-hydrogen) atoms. The van der Waals surface area contributed by atoms with Crippen molar-refractivity contribution in [3.05, 3.63) is 41.5 Å². The number of carbonyl (C=O) groups excluding carboxylic acids is 1. The molecule has 0 bridgehead atoms. The summed E-state index contributed by atoms with van der Waals surface area (Å²) < 4.78 is 23.2. The lowest BCUT2D eigenvalue weighted by Gasteiger charge is -2.34. The Labute approximate surface area is 143 Å². The molecule has 2 aliphatic rings. The lowest BCUT2D eigenvalue weighted by atomic mass is 10.1. The molecular formula is C18H25N2O3S+. The van der Waals surface area contributed by atoms with E-state index in [1.54, 1.807) is 6.08 Å². The van der Waals surface area contributed by atoms with Crippen LogP contribution in [0.4, 0.5) is 0 Å². The van der Waals surface area contributed by atoms with Gasteiger partial charge in [0.25, 0.3) is 0 Å². The summed E-state index contributed by atoms with van der Waals surface area (Å²) in [6.07, 6.45) is 4.26. The predicted octanol–water partition coefficient (Wildman–Crippen LogP) is -0.0776. The monoisotopic (exact) mass is 349 g/mol. The summed E-state index contributed by atoms with van der Waals surface area (Å²) in [6.45, 7) is 5.10. The topological polar surface area (TPSA) is 58.9 Å². The average molecular weight is 349 g/mol. The van der Waals surface area contributed by atoms with E-state index in [9.17, 15) is 13.2 Å². The number of hydrogen-bond acceptors (Lipinski definition) is 3. The van der Waals surface area contributed by atoms with Crippen LogP contribution in [0.3, 0.4) is 0 Å². The van der Waals surface area contributed by atoms with Gasteiger partial charge in [0.05, 0.1) is 31.9 Å². The van der Waals surface area contributed by atoms with Crippen molar-refractivity contribution in [1.29, 1.82) is 0 Å². The minimum absolute atomic E-state index is 0.0367. The van der Waals surface area contributed by atoms with Crippen LogP contribution >= 0.6 is 0 Å². The quantitative estimate of drug-likeness (QED) is 0.777. The number of benzene rings is 1. The van der Waals surface area contributed by atoms with Crippen molar-refractivity contribution in [3.8, 4) is 0 Å². The van der Waals surface area contributed by atoms with Crippen molar-refractivity contribution in [2.75, 3.05) is 37.7 Å². The van der Waals surface area contributed by atoms with Crippen molar-refractivity contribution in [2.24, 2.45) is 0 Å². The first-order chi connectivity index (χ1) is 11.4. The van der Waals surface area contributed by atoms with Crippen LogP contribution in [0, 0.1) is 6.92 Å². The number of amides is 1. The number of carbonyl (C=O) groups is 1. The van der Waals surface area contributed by atoms with Gasteiger partial charge in [0.1, 0.15) is 11.8 Å². The van der Waals surface area contributed by atoms with Gasteiger partial charge in [-0.15, -0.1) is 0 Å². The second kappa shape index (κ2) is 7.07. The molecule has 1 aromatic carbocycles. The van der Waals surface area contributed by atoms with Gasteiger partial charge in [-0.1, -0.05) is 29.8 Å². The minimum atomic E-state index is -2.83. The second-order valence-electron chi connectivity index (χ2n) is 6.83. The molecule has 0 saturated carbocycles. The maximum Gasteiger partial charge on any atom is 0.246 e. The normalized spacial score (nSPS) is 24.5. The van der Waals surface area contributed by atoms with Gasteiger partial charge in [0.15, 0.2) is 9.84 Å². The van der Waals surface area contributed by atoms with Crippen molar-refractivity contribution in [3.63, 3.8) is 0 Å². The molecule has 1 aromatic rings.